The minimum absolute atomic E-state index is 0.437. The number of methoxy groups -OCH3 is 1. The summed E-state index contributed by atoms with van der Waals surface area (Å²) >= 11 is 1.97. The van der Waals surface area contributed by atoms with Gasteiger partial charge in [0.2, 0.25) is 0 Å². The van der Waals surface area contributed by atoms with Crippen molar-refractivity contribution < 1.29 is 4.74 Å². The van der Waals surface area contributed by atoms with E-state index in [0.717, 1.165) is 13.0 Å². The van der Waals surface area contributed by atoms with Crippen LogP contribution in [-0.4, -0.2) is 32.1 Å². The number of nitrogens with one attached hydrogen (secondary N) is 1. The zero-order chi connectivity index (χ0) is 10.7. The van der Waals surface area contributed by atoms with E-state index < -0.39 is 0 Å². The lowest BCUT2D eigenvalue weighted by atomic mass is 10.1. The van der Waals surface area contributed by atoms with E-state index in [0.29, 0.717) is 11.3 Å². The van der Waals surface area contributed by atoms with Gasteiger partial charge in [0.05, 0.1) is 6.61 Å². The fourth-order valence-electron chi connectivity index (χ4n) is 1.99. The van der Waals surface area contributed by atoms with Gasteiger partial charge < -0.3 is 10.1 Å². The molecule has 1 aromatic rings. The summed E-state index contributed by atoms with van der Waals surface area (Å²) in [5.41, 5.74) is 1.48. The van der Waals surface area contributed by atoms with Crippen LogP contribution in [-0.2, 0) is 11.2 Å². The van der Waals surface area contributed by atoms with Crippen molar-refractivity contribution in [2.45, 2.75) is 22.6 Å². The van der Waals surface area contributed by atoms with Crippen molar-refractivity contribution in [1.82, 2.24) is 5.32 Å². The highest BCUT2D eigenvalue weighted by atomic mass is 32.2. The van der Waals surface area contributed by atoms with Crippen LogP contribution in [0.2, 0.25) is 0 Å². The van der Waals surface area contributed by atoms with Gasteiger partial charge in [0, 0.05) is 23.3 Å². The second-order valence-corrected chi connectivity index (χ2v) is 5.10. The van der Waals surface area contributed by atoms with E-state index >= 15 is 0 Å². The maximum absolute atomic E-state index is 5.23. The Bertz CT molecular complexity index is 304. The highest BCUT2D eigenvalue weighted by Gasteiger charge is 2.28. The van der Waals surface area contributed by atoms with E-state index in [2.05, 4.69) is 29.6 Å². The molecule has 2 rings (SSSR count). The van der Waals surface area contributed by atoms with E-state index in [1.807, 2.05) is 18.8 Å². The Morgan fingerprint density at radius 1 is 1.53 bits per heavy atom. The highest BCUT2D eigenvalue weighted by Crippen LogP contribution is 2.38. The average Bonchev–Trinajstić information content (AvgIpc) is 2.69. The number of benzene rings is 1. The van der Waals surface area contributed by atoms with Crippen molar-refractivity contribution in [3.63, 3.8) is 0 Å². The molecule has 2 nitrogen and oxygen atoms in total. The minimum atomic E-state index is 0.437. The molecule has 15 heavy (non-hydrogen) atoms. The first-order chi connectivity index (χ1) is 7.35. The predicted molar refractivity (Wildman–Crippen MR) is 64.5 cm³/mol. The third kappa shape index (κ3) is 2.36. The van der Waals surface area contributed by atoms with E-state index in [1.54, 1.807) is 7.11 Å². The summed E-state index contributed by atoms with van der Waals surface area (Å²) in [6, 6.07) is 9.10. The van der Waals surface area contributed by atoms with Crippen molar-refractivity contribution in [2.24, 2.45) is 0 Å². The molecule has 3 heteroatoms. The fourth-order valence-corrected chi connectivity index (χ4v) is 3.42. The number of thioether (sulfide) groups is 1. The van der Waals surface area contributed by atoms with E-state index in [9.17, 15) is 0 Å². The van der Waals surface area contributed by atoms with Crippen LogP contribution in [0.15, 0.2) is 29.2 Å². The van der Waals surface area contributed by atoms with Gasteiger partial charge in [0.15, 0.2) is 0 Å². The SMILES string of the molecule is CNC(COC)C1Cc2ccccc2S1. The molecule has 1 aliphatic heterocycles. The normalized spacial score (nSPS) is 21.3. The molecule has 0 spiro atoms. The Balaban J connectivity index is 2.05. The van der Waals surface area contributed by atoms with Crippen molar-refractivity contribution >= 4 is 11.8 Å². The summed E-state index contributed by atoms with van der Waals surface area (Å²) in [5, 5.41) is 3.94. The van der Waals surface area contributed by atoms with Gasteiger partial charge in [-0.05, 0) is 25.1 Å². The summed E-state index contributed by atoms with van der Waals surface area (Å²) < 4.78 is 5.23. The molecular formula is C12H17NOS. The van der Waals surface area contributed by atoms with Crippen LogP contribution < -0.4 is 5.32 Å². The zero-order valence-corrected chi connectivity index (χ0v) is 10.0. The Kier molecular flexibility index (Phi) is 3.67. The van der Waals surface area contributed by atoms with Crippen LogP contribution in [0, 0.1) is 0 Å². The number of hydrogen-bond donors (Lipinski definition) is 1. The summed E-state index contributed by atoms with van der Waals surface area (Å²) in [6.07, 6.45) is 1.15. The number of hydrogen-bond acceptors (Lipinski definition) is 3. The van der Waals surface area contributed by atoms with Crippen LogP contribution in [0.5, 0.6) is 0 Å². The number of rotatable bonds is 4. The third-order valence-corrected chi connectivity index (χ3v) is 4.29. The van der Waals surface area contributed by atoms with Crippen LogP contribution in [0.3, 0.4) is 0 Å². The molecular weight excluding hydrogens is 206 g/mol. The number of likely N-dealkylation sites (N-methyl/N-ethyl adjacent to an activating group) is 1. The first-order valence-corrected chi connectivity index (χ1v) is 6.14. The highest BCUT2D eigenvalue weighted by molar-refractivity contribution is 8.00. The lowest BCUT2D eigenvalue weighted by molar-refractivity contribution is 0.168. The van der Waals surface area contributed by atoms with Gasteiger partial charge in [-0.2, -0.15) is 0 Å². The van der Waals surface area contributed by atoms with Crippen molar-refractivity contribution in [1.29, 1.82) is 0 Å². The van der Waals surface area contributed by atoms with E-state index in [-0.39, 0.29) is 0 Å². The first kappa shape index (κ1) is 11.0. The lowest BCUT2D eigenvalue weighted by Gasteiger charge is -2.21. The average molecular weight is 223 g/mol. The smallest absolute Gasteiger partial charge is 0.0626 e. The first-order valence-electron chi connectivity index (χ1n) is 5.26. The molecule has 1 heterocycles. The molecule has 0 aromatic heterocycles. The fraction of sp³-hybridized carbons (Fsp3) is 0.500. The molecule has 0 amide bonds. The van der Waals surface area contributed by atoms with Gasteiger partial charge in [0.1, 0.15) is 0 Å². The van der Waals surface area contributed by atoms with Crippen molar-refractivity contribution in [3.8, 4) is 0 Å². The summed E-state index contributed by atoms with van der Waals surface area (Å²) in [6.45, 7) is 0.780. The van der Waals surface area contributed by atoms with Crippen molar-refractivity contribution in [3.05, 3.63) is 29.8 Å². The number of fused-ring (bicyclic) bond motifs is 1. The molecule has 0 radical (unpaired) electrons. The second-order valence-electron chi connectivity index (χ2n) is 3.82. The summed E-state index contributed by atoms with van der Waals surface area (Å²) in [7, 11) is 3.77. The molecule has 0 bridgehead atoms. The standard InChI is InChI=1S/C12H17NOS/c1-13-10(8-14-2)12-7-9-5-3-4-6-11(9)15-12/h3-6,10,12-13H,7-8H2,1-2H3. The van der Waals surface area contributed by atoms with Gasteiger partial charge >= 0.3 is 0 Å². The van der Waals surface area contributed by atoms with Gasteiger partial charge in [-0.3, -0.25) is 0 Å². The van der Waals surface area contributed by atoms with Gasteiger partial charge in [-0.25, -0.2) is 0 Å². The molecule has 0 saturated carbocycles. The largest absolute Gasteiger partial charge is 0.383 e. The third-order valence-electron chi connectivity index (χ3n) is 2.84. The van der Waals surface area contributed by atoms with E-state index in [4.69, 9.17) is 4.74 Å². The number of ether oxygens (including phenoxy) is 1. The zero-order valence-electron chi connectivity index (χ0n) is 9.19. The molecule has 0 aliphatic carbocycles. The maximum atomic E-state index is 5.23. The van der Waals surface area contributed by atoms with Gasteiger partial charge in [-0.15, -0.1) is 11.8 Å². The molecule has 2 atom stereocenters. The topological polar surface area (TPSA) is 21.3 Å². The van der Waals surface area contributed by atoms with E-state index in [1.165, 1.54) is 10.5 Å². The van der Waals surface area contributed by atoms with Crippen LogP contribution in [0.4, 0.5) is 0 Å². The molecule has 82 valence electrons. The van der Waals surface area contributed by atoms with Gasteiger partial charge in [-0.1, -0.05) is 18.2 Å². The Morgan fingerprint density at radius 3 is 3.00 bits per heavy atom. The van der Waals surface area contributed by atoms with Gasteiger partial charge in [0.25, 0.3) is 0 Å². The second kappa shape index (κ2) is 5.01. The Morgan fingerprint density at radius 2 is 2.33 bits per heavy atom. The molecule has 0 saturated heterocycles. The molecule has 0 fully saturated rings. The Hall–Kier alpha value is -0.510. The quantitative estimate of drug-likeness (QED) is 0.843. The van der Waals surface area contributed by atoms with Crippen LogP contribution in [0.1, 0.15) is 5.56 Å². The summed E-state index contributed by atoms with van der Waals surface area (Å²) in [5.74, 6) is 0. The predicted octanol–water partition coefficient (Wildman–Crippen LogP) is 1.94. The maximum Gasteiger partial charge on any atom is 0.0626 e. The van der Waals surface area contributed by atoms with Crippen LogP contribution >= 0.6 is 11.8 Å². The summed E-state index contributed by atoms with van der Waals surface area (Å²) in [4.78, 5) is 1.43. The monoisotopic (exact) mass is 223 g/mol. The molecule has 2 unspecified atom stereocenters. The molecule has 1 aromatic carbocycles. The van der Waals surface area contributed by atoms with Crippen LogP contribution in [0.25, 0.3) is 0 Å². The minimum Gasteiger partial charge on any atom is -0.383 e. The molecule has 1 N–H and O–H groups in total. The van der Waals surface area contributed by atoms with Crippen molar-refractivity contribution in [2.75, 3.05) is 20.8 Å². The Labute approximate surface area is 95.4 Å². The lowest BCUT2D eigenvalue weighted by Crippen LogP contribution is -2.39. The molecule has 1 aliphatic rings.